The van der Waals surface area contributed by atoms with Gasteiger partial charge < -0.3 is 19.5 Å². The van der Waals surface area contributed by atoms with E-state index < -0.39 is 19.8 Å². The number of benzene rings is 4. The van der Waals surface area contributed by atoms with Crippen molar-refractivity contribution in [3.8, 4) is 5.75 Å². The van der Waals surface area contributed by atoms with Crippen LogP contribution in [-0.2, 0) is 28.2 Å². The third kappa shape index (κ3) is 6.02. The first kappa shape index (κ1) is 33.6. The van der Waals surface area contributed by atoms with E-state index in [2.05, 4.69) is 95.4 Å². The number of halogens is 1. The van der Waals surface area contributed by atoms with Crippen LogP contribution in [0, 0.1) is 9.49 Å². The second-order valence-corrected chi connectivity index (χ2v) is 19.6. The fourth-order valence-corrected chi connectivity index (χ4v) is 12.8. The van der Waals surface area contributed by atoms with Crippen molar-refractivity contribution in [1.82, 2.24) is 15.0 Å². The zero-order valence-electron chi connectivity index (χ0n) is 28.2. The van der Waals surface area contributed by atoms with Crippen molar-refractivity contribution in [2.75, 3.05) is 12.0 Å². The Hall–Kier alpha value is -3.84. The number of aryl methyl sites for hydroxylation is 1. The lowest BCUT2D eigenvalue weighted by Crippen LogP contribution is -2.51. The standard InChI is InChI=1S/C39H41IN4O4Si/c1-26-37(49(3,4)31-19-17-30(47-2)18-20-31)35(21-22-43-25-33(41-42-43)36(45)28-12-6-5-7-13-28)48-39(26)32-15-8-9-16-34(32)44(38(39)46)24-27-11-10-14-29(40)23-27/h5-20,23,25-26,35-37,45H,21-22,24H2,1-4H3/t26-,35+,36-,37-,39+/m1/s1. The van der Waals surface area contributed by atoms with E-state index in [0.29, 0.717) is 25.2 Å². The van der Waals surface area contributed by atoms with Crippen molar-refractivity contribution in [3.05, 3.63) is 135 Å². The van der Waals surface area contributed by atoms with Crippen molar-refractivity contribution in [2.24, 2.45) is 5.92 Å². The molecule has 2 aliphatic rings. The van der Waals surface area contributed by atoms with Crippen molar-refractivity contribution >= 4 is 47.4 Å². The second-order valence-electron chi connectivity index (χ2n) is 13.7. The molecule has 0 aliphatic carbocycles. The lowest BCUT2D eigenvalue weighted by Gasteiger charge is -2.37. The molecule has 0 unspecified atom stereocenters. The predicted octanol–water partition coefficient (Wildman–Crippen LogP) is 6.83. The summed E-state index contributed by atoms with van der Waals surface area (Å²) in [5.74, 6) is 0.728. The molecular weight excluding hydrogens is 743 g/mol. The quantitative estimate of drug-likeness (QED) is 0.124. The summed E-state index contributed by atoms with van der Waals surface area (Å²) in [6.45, 7) is 8.02. The maximum atomic E-state index is 15.0. The Morgan fingerprint density at radius 2 is 1.73 bits per heavy atom. The minimum absolute atomic E-state index is 0.00103. The molecule has 0 bridgehead atoms. The summed E-state index contributed by atoms with van der Waals surface area (Å²) in [4.78, 5) is 16.9. The number of nitrogens with zero attached hydrogens (tertiary/aromatic N) is 4. The van der Waals surface area contributed by atoms with E-state index in [9.17, 15) is 9.90 Å². The van der Waals surface area contributed by atoms with Gasteiger partial charge in [0.25, 0.3) is 5.91 Å². The number of carbonyl (C=O) groups is 1. The molecule has 10 heteroatoms. The van der Waals surface area contributed by atoms with Gasteiger partial charge in [0.1, 0.15) is 17.5 Å². The van der Waals surface area contributed by atoms with E-state index in [4.69, 9.17) is 9.47 Å². The highest BCUT2D eigenvalue weighted by atomic mass is 127. The topological polar surface area (TPSA) is 89.7 Å². The molecule has 1 spiro atoms. The van der Waals surface area contributed by atoms with Gasteiger partial charge in [-0.1, -0.05) is 103 Å². The highest BCUT2D eigenvalue weighted by Crippen LogP contribution is 2.60. The molecule has 1 saturated heterocycles. The molecule has 5 aromatic rings. The summed E-state index contributed by atoms with van der Waals surface area (Å²) in [6.07, 6.45) is 1.37. The van der Waals surface area contributed by atoms with Gasteiger partial charge in [-0.05, 0) is 76.0 Å². The first-order chi connectivity index (χ1) is 23.6. The number of rotatable bonds is 10. The summed E-state index contributed by atoms with van der Waals surface area (Å²) in [7, 11) is -0.604. The van der Waals surface area contributed by atoms with E-state index in [1.165, 1.54) is 5.19 Å². The van der Waals surface area contributed by atoms with E-state index in [-0.39, 0.29) is 23.5 Å². The average Bonchev–Trinajstić information content (AvgIpc) is 3.78. The van der Waals surface area contributed by atoms with Crippen LogP contribution in [0.3, 0.4) is 0 Å². The summed E-state index contributed by atoms with van der Waals surface area (Å²) in [5.41, 5.74) is 3.20. The van der Waals surface area contributed by atoms with Crippen molar-refractivity contribution in [2.45, 2.75) is 62.9 Å². The Bertz CT molecular complexity index is 1950. The monoisotopic (exact) mass is 784 g/mol. The minimum Gasteiger partial charge on any atom is -0.497 e. The SMILES string of the molecule is COc1ccc([Si](C)(C)[C@H]2[C@H](CCn3cc([C@H](O)c4ccccc4)nn3)O[C@@]3(C(=O)N(Cc4cccc(I)c4)c4ccccc43)[C@@H]2C)cc1. The van der Waals surface area contributed by atoms with E-state index in [1.54, 1.807) is 11.8 Å². The number of anilines is 1. The van der Waals surface area contributed by atoms with Crippen LogP contribution in [0.25, 0.3) is 0 Å². The van der Waals surface area contributed by atoms with Gasteiger partial charge in [0.2, 0.25) is 0 Å². The molecule has 1 N–H and O–H groups in total. The summed E-state index contributed by atoms with van der Waals surface area (Å²) >= 11 is 2.32. The fourth-order valence-electron chi connectivity index (χ4n) is 8.13. The molecule has 7 rings (SSSR count). The molecule has 252 valence electrons. The van der Waals surface area contributed by atoms with E-state index in [1.807, 2.05) is 71.8 Å². The number of para-hydroxylation sites is 1. The van der Waals surface area contributed by atoms with E-state index in [0.717, 1.165) is 31.7 Å². The van der Waals surface area contributed by atoms with Gasteiger partial charge in [-0.2, -0.15) is 0 Å². The van der Waals surface area contributed by atoms with Crippen LogP contribution < -0.4 is 14.8 Å². The number of fused-ring (bicyclic) bond motifs is 2. The molecule has 1 amide bonds. The molecular formula is C39H41IN4O4Si. The van der Waals surface area contributed by atoms with Crippen LogP contribution in [0.2, 0.25) is 18.6 Å². The number of hydrogen-bond donors (Lipinski definition) is 1. The van der Waals surface area contributed by atoms with Crippen LogP contribution >= 0.6 is 22.6 Å². The summed E-state index contributed by atoms with van der Waals surface area (Å²) in [6, 6.07) is 34.4. The van der Waals surface area contributed by atoms with Gasteiger partial charge in [0, 0.05) is 21.6 Å². The lowest BCUT2D eigenvalue weighted by atomic mass is 9.82. The van der Waals surface area contributed by atoms with Crippen LogP contribution in [0.4, 0.5) is 5.69 Å². The highest BCUT2D eigenvalue weighted by molar-refractivity contribution is 14.1. The molecule has 1 aromatic heterocycles. The summed E-state index contributed by atoms with van der Waals surface area (Å²) in [5, 5.41) is 20.9. The molecule has 0 saturated carbocycles. The smallest absolute Gasteiger partial charge is 0.264 e. The Morgan fingerprint density at radius 3 is 2.47 bits per heavy atom. The number of hydrogen-bond acceptors (Lipinski definition) is 6. The Labute approximate surface area is 302 Å². The van der Waals surface area contributed by atoms with Crippen LogP contribution in [0.5, 0.6) is 5.75 Å². The number of methoxy groups -OCH3 is 1. The van der Waals surface area contributed by atoms with Gasteiger partial charge in [-0.25, -0.2) is 0 Å². The predicted molar refractivity (Wildman–Crippen MR) is 202 cm³/mol. The number of aromatic nitrogens is 3. The second kappa shape index (κ2) is 13.5. The van der Waals surface area contributed by atoms with E-state index >= 15 is 0 Å². The van der Waals surface area contributed by atoms with Gasteiger partial charge >= 0.3 is 0 Å². The zero-order valence-corrected chi connectivity index (χ0v) is 31.3. The minimum atomic E-state index is -2.29. The average molecular weight is 785 g/mol. The number of ether oxygens (including phenoxy) is 2. The first-order valence-corrected chi connectivity index (χ1v) is 20.9. The molecule has 5 atom stereocenters. The van der Waals surface area contributed by atoms with Crippen LogP contribution in [0.15, 0.2) is 109 Å². The molecule has 8 nitrogen and oxygen atoms in total. The number of aliphatic hydroxyl groups is 1. The fraction of sp³-hybridized carbons (Fsp3) is 0.308. The molecule has 2 aliphatic heterocycles. The highest BCUT2D eigenvalue weighted by Gasteiger charge is 2.66. The van der Waals surface area contributed by atoms with Gasteiger partial charge in [0.05, 0.1) is 39.7 Å². The van der Waals surface area contributed by atoms with Gasteiger partial charge in [0.15, 0.2) is 5.60 Å². The molecule has 1 fully saturated rings. The zero-order chi connectivity index (χ0) is 34.3. The van der Waals surface area contributed by atoms with Gasteiger partial charge in [-0.3, -0.25) is 9.48 Å². The van der Waals surface area contributed by atoms with Crippen molar-refractivity contribution in [3.63, 3.8) is 0 Å². The van der Waals surface area contributed by atoms with Crippen LogP contribution in [0.1, 0.15) is 41.8 Å². The Kier molecular flexibility index (Phi) is 9.24. The molecule has 49 heavy (non-hydrogen) atoms. The van der Waals surface area contributed by atoms with Crippen LogP contribution in [-0.4, -0.2) is 47.3 Å². The maximum Gasteiger partial charge on any atom is 0.264 e. The Morgan fingerprint density at radius 1 is 1.00 bits per heavy atom. The van der Waals surface area contributed by atoms with Gasteiger partial charge in [-0.15, -0.1) is 5.10 Å². The molecule has 0 radical (unpaired) electrons. The molecule has 4 aromatic carbocycles. The lowest BCUT2D eigenvalue weighted by molar-refractivity contribution is -0.146. The third-order valence-electron chi connectivity index (χ3n) is 10.6. The van der Waals surface area contributed by atoms with Crippen molar-refractivity contribution < 1.29 is 19.4 Å². The molecule has 3 heterocycles. The first-order valence-electron chi connectivity index (χ1n) is 16.7. The summed E-state index contributed by atoms with van der Waals surface area (Å²) < 4.78 is 15.7. The number of carbonyl (C=O) groups excluding carboxylic acids is 1. The number of aliphatic hydroxyl groups excluding tert-OH is 1. The van der Waals surface area contributed by atoms with Crippen molar-refractivity contribution in [1.29, 1.82) is 0 Å². The Balaban J connectivity index is 1.24. The number of amides is 1. The third-order valence-corrected chi connectivity index (χ3v) is 15.6. The maximum absolute atomic E-state index is 15.0. The normalized spacial score (nSPS) is 22.4. The largest absolute Gasteiger partial charge is 0.497 e.